The largest absolute Gasteiger partial charge is 0.461 e. The monoisotopic (exact) mass is 464 g/mol. The Labute approximate surface area is 195 Å². The van der Waals surface area contributed by atoms with Crippen LogP contribution in [0.25, 0.3) is 11.6 Å². The van der Waals surface area contributed by atoms with Gasteiger partial charge in [-0.3, -0.25) is 9.36 Å². The molecule has 32 heavy (non-hydrogen) atoms. The standard InChI is InChI=1S/C24H24N4O2S2/c1-18-9-11-20(12-10-18)31-15-13-25-22(29)17-32-24-27-26-23(21-8-5-14-30-21)28(24)16-19-6-3-2-4-7-19/h2-12,14H,13,15-17H2,1H3,(H,25,29). The number of nitrogens with one attached hydrogen (secondary N) is 1. The molecule has 164 valence electrons. The van der Waals surface area contributed by atoms with E-state index in [1.165, 1.54) is 22.2 Å². The fourth-order valence-corrected chi connectivity index (χ4v) is 4.60. The lowest BCUT2D eigenvalue weighted by atomic mass is 10.2. The van der Waals surface area contributed by atoms with Crippen molar-refractivity contribution in [1.29, 1.82) is 0 Å². The van der Waals surface area contributed by atoms with Crippen molar-refractivity contribution in [3.63, 3.8) is 0 Å². The van der Waals surface area contributed by atoms with Gasteiger partial charge in [0, 0.05) is 17.2 Å². The Bertz CT molecular complexity index is 1130. The third-order valence-corrected chi connectivity index (χ3v) is 6.67. The van der Waals surface area contributed by atoms with E-state index in [1.54, 1.807) is 18.0 Å². The quantitative estimate of drug-likeness (QED) is 0.266. The number of carbonyl (C=O) groups is 1. The number of carbonyl (C=O) groups excluding carboxylic acids is 1. The van der Waals surface area contributed by atoms with E-state index in [0.717, 1.165) is 11.3 Å². The van der Waals surface area contributed by atoms with Gasteiger partial charge in [-0.05, 0) is 36.8 Å². The van der Waals surface area contributed by atoms with E-state index in [9.17, 15) is 4.79 Å². The molecule has 4 rings (SSSR count). The number of thioether (sulfide) groups is 2. The molecule has 1 amide bonds. The van der Waals surface area contributed by atoms with Crippen LogP contribution in [0.15, 0.2) is 87.5 Å². The molecule has 2 aromatic heterocycles. The van der Waals surface area contributed by atoms with Crippen LogP contribution >= 0.6 is 23.5 Å². The van der Waals surface area contributed by atoms with Gasteiger partial charge in [0.25, 0.3) is 0 Å². The maximum atomic E-state index is 12.4. The van der Waals surface area contributed by atoms with E-state index in [2.05, 4.69) is 58.8 Å². The second-order valence-electron chi connectivity index (χ2n) is 7.16. The molecule has 0 fully saturated rings. The summed E-state index contributed by atoms with van der Waals surface area (Å²) in [6.07, 6.45) is 1.62. The van der Waals surface area contributed by atoms with Crippen LogP contribution in [-0.2, 0) is 11.3 Å². The fraction of sp³-hybridized carbons (Fsp3) is 0.208. The molecule has 0 spiro atoms. The summed E-state index contributed by atoms with van der Waals surface area (Å²) >= 11 is 3.11. The Kier molecular flexibility index (Phi) is 7.68. The first-order valence-electron chi connectivity index (χ1n) is 10.3. The lowest BCUT2D eigenvalue weighted by molar-refractivity contribution is -0.118. The van der Waals surface area contributed by atoms with Crippen LogP contribution in [0.3, 0.4) is 0 Å². The van der Waals surface area contributed by atoms with Crippen LogP contribution in [-0.4, -0.2) is 38.7 Å². The van der Waals surface area contributed by atoms with Gasteiger partial charge in [-0.2, -0.15) is 0 Å². The topological polar surface area (TPSA) is 73.0 Å². The number of aromatic nitrogens is 3. The minimum Gasteiger partial charge on any atom is -0.461 e. The molecule has 0 aliphatic carbocycles. The second kappa shape index (κ2) is 11.1. The van der Waals surface area contributed by atoms with Crippen LogP contribution in [0.5, 0.6) is 0 Å². The summed E-state index contributed by atoms with van der Waals surface area (Å²) in [4.78, 5) is 13.6. The molecule has 2 heterocycles. The van der Waals surface area contributed by atoms with Crippen molar-refractivity contribution in [1.82, 2.24) is 20.1 Å². The summed E-state index contributed by atoms with van der Waals surface area (Å²) < 4.78 is 7.52. The Morgan fingerprint density at radius 3 is 2.56 bits per heavy atom. The number of hydrogen-bond acceptors (Lipinski definition) is 6. The second-order valence-corrected chi connectivity index (χ2v) is 9.27. The summed E-state index contributed by atoms with van der Waals surface area (Å²) in [6.45, 7) is 3.29. The first kappa shape index (κ1) is 22.2. The summed E-state index contributed by atoms with van der Waals surface area (Å²) in [7, 11) is 0. The highest BCUT2D eigenvalue weighted by Crippen LogP contribution is 2.25. The molecule has 0 saturated carbocycles. The number of furan rings is 1. The molecule has 0 aliphatic rings. The van der Waals surface area contributed by atoms with E-state index < -0.39 is 0 Å². The molecule has 6 nitrogen and oxygen atoms in total. The number of hydrogen-bond donors (Lipinski definition) is 1. The van der Waals surface area contributed by atoms with Crippen LogP contribution in [0, 0.1) is 6.92 Å². The first-order valence-corrected chi connectivity index (χ1v) is 12.3. The summed E-state index contributed by atoms with van der Waals surface area (Å²) in [5, 5.41) is 12.3. The van der Waals surface area contributed by atoms with Crippen LogP contribution in [0.4, 0.5) is 0 Å². The molecule has 2 aromatic carbocycles. The van der Waals surface area contributed by atoms with Gasteiger partial charge in [-0.25, -0.2) is 0 Å². The Hall–Kier alpha value is -2.97. The van der Waals surface area contributed by atoms with E-state index in [1.807, 2.05) is 34.9 Å². The predicted molar refractivity (Wildman–Crippen MR) is 129 cm³/mol. The first-order chi connectivity index (χ1) is 15.7. The molecule has 0 unspecified atom stereocenters. The zero-order valence-corrected chi connectivity index (χ0v) is 19.4. The molecular weight excluding hydrogens is 440 g/mol. The molecule has 0 aliphatic heterocycles. The molecule has 8 heteroatoms. The van der Waals surface area contributed by atoms with Crippen LogP contribution in [0.1, 0.15) is 11.1 Å². The lowest BCUT2D eigenvalue weighted by Crippen LogP contribution is -2.27. The molecule has 1 N–H and O–H groups in total. The maximum Gasteiger partial charge on any atom is 0.230 e. The maximum absolute atomic E-state index is 12.4. The van der Waals surface area contributed by atoms with Crippen LogP contribution < -0.4 is 5.32 Å². The number of amides is 1. The summed E-state index contributed by atoms with van der Waals surface area (Å²) in [6, 6.07) is 22.2. The third-order valence-electron chi connectivity index (χ3n) is 4.69. The molecule has 0 saturated heterocycles. The van der Waals surface area contributed by atoms with Gasteiger partial charge in [0.2, 0.25) is 11.7 Å². The number of aryl methyl sites for hydroxylation is 1. The molecular formula is C24H24N4O2S2. The smallest absolute Gasteiger partial charge is 0.230 e. The minimum absolute atomic E-state index is 0.0201. The number of nitrogens with zero attached hydrogens (tertiary/aromatic N) is 3. The zero-order valence-electron chi connectivity index (χ0n) is 17.7. The van der Waals surface area contributed by atoms with Gasteiger partial charge >= 0.3 is 0 Å². The van der Waals surface area contributed by atoms with Crippen molar-refractivity contribution in [2.45, 2.75) is 23.5 Å². The van der Waals surface area contributed by atoms with E-state index in [4.69, 9.17) is 4.42 Å². The normalized spacial score (nSPS) is 10.9. The highest BCUT2D eigenvalue weighted by molar-refractivity contribution is 7.99. The van der Waals surface area contributed by atoms with Crippen molar-refractivity contribution in [2.24, 2.45) is 0 Å². The SMILES string of the molecule is Cc1ccc(SCCNC(=O)CSc2nnc(-c3ccco3)n2Cc2ccccc2)cc1. The summed E-state index contributed by atoms with van der Waals surface area (Å²) in [5.74, 6) is 2.38. The minimum atomic E-state index is -0.0201. The average Bonchev–Trinajstić information content (AvgIpc) is 3.47. The Morgan fingerprint density at radius 1 is 1.00 bits per heavy atom. The fourth-order valence-electron chi connectivity index (χ4n) is 3.07. The lowest BCUT2D eigenvalue weighted by Gasteiger charge is -2.09. The number of benzene rings is 2. The van der Waals surface area contributed by atoms with Crippen molar-refractivity contribution in [3.8, 4) is 11.6 Å². The molecule has 4 aromatic rings. The van der Waals surface area contributed by atoms with Gasteiger partial charge in [-0.1, -0.05) is 59.8 Å². The van der Waals surface area contributed by atoms with Gasteiger partial charge in [0.05, 0.1) is 18.6 Å². The third kappa shape index (κ3) is 6.05. The van der Waals surface area contributed by atoms with Crippen LogP contribution in [0.2, 0.25) is 0 Å². The van der Waals surface area contributed by atoms with Crippen molar-refractivity contribution in [2.75, 3.05) is 18.1 Å². The van der Waals surface area contributed by atoms with Crippen molar-refractivity contribution in [3.05, 3.63) is 84.1 Å². The highest BCUT2D eigenvalue weighted by atomic mass is 32.2. The van der Waals surface area contributed by atoms with Gasteiger partial charge in [0.1, 0.15) is 0 Å². The van der Waals surface area contributed by atoms with Crippen molar-refractivity contribution >= 4 is 29.4 Å². The molecule has 0 radical (unpaired) electrons. The van der Waals surface area contributed by atoms with Gasteiger partial charge in [0.15, 0.2) is 10.9 Å². The Balaban J connectivity index is 1.33. The number of rotatable bonds is 10. The zero-order chi connectivity index (χ0) is 22.2. The van der Waals surface area contributed by atoms with E-state index in [0.29, 0.717) is 29.8 Å². The van der Waals surface area contributed by atoms with Crippen molar-refractivity contribution < 1.29 is 9.21 Å². The molecule has 0 bridgehead atoms. The Morgan fingerprint density at radius 2 is 1.81 bits per heavy atom. The average molecular weight is 465 g/mol. The summed E-state index contributed by atoms with van der Waals surface area (Å²) in [5.41, 5.74) is 2.37. The van der Waals surface area contributed by atoms with Gasteiger partial charge < -0.3 is 9.73 Å². The van der Waals surface area contributed by atoms with E-state index in [-0.39, 0.29) is 11.7 Å². The highest BCUT2D eigenvalue weighted by Gasteiger charge is 2.17. The molecule has 0 atom stereocenters. The van der Waals surface area contributed by atoms with Gasteiger partial charge in [-0.15, -0.1) is 22.0 Å². The van der Waals surface area contributed by atoms with E-state index >= 15 is 0 Å². The predicted octanol–water partition coefficient (Wildman–Crippen LogP) is 4.90.